The predicted molar refractivity (Wildman–Crippen MR) is 89.8 cm³/mol. The quantitative estimate of drug-likeness (QED) is 0.556. The lowest BCUT2D eigenvalue weighted by molar-refractivity contribution is 0.104. The van der Waals surface area contributed by atoms with Gasteiger partial charge in [0.2, 0.25) is 0 Å². The Morgan fingerprint density at radius 3 is 1.86 bits per heavy atom. The van der Waals surface area contributed by atoms with E-state index >= 15 is 0 Å². The van der Waals surface area contributed by atoms with Gasteiger partial charge in [-0.2, -0.15) is 0 Å². The van der Waals surface area contributed by atoms with Crippen molar-refractivity contribution < 1.29 is 4.79 Å². The van der Waals surface area contributed by atoms with Crippen LogP contribution >= 0.6 is 0 Å². The third kappa shape index (κ3) is 3.49. The summed E-state index contributed by atoms with van der Waals surface area (Å²) in [7, 11) is 0. The molecule has 0 aliphatic rings. The maximum atomic E-state index is 12.5. The molecule has 0 aliphatic carbocycles. The Labute approximate surface area is 127 Å². The molecule has 0 fully saturated rings. The zero-order valence-electron chi connectivity index (χ0n) is 13.4. The highest BCUT2D eigenvalue weighted by Crippen LogP contribution is 2.21. The first-order valence-electron chi connectivity index (χ1n) is 7.26. The number of hydrogen-bond donors (Lipinski definition) is 0. The van der Waals surface area contributed by atoms with Crippen LogP contribution in [-0.4, -0.2) is 5.78 Å². The minimum absolute atomic E-state index is 0.0783. The summed E-state index contributed by atoms with van der Waals surface area (Å²) in [5.74, 6) is 0.0783. The van der Waals surface area contributed by atoms with Crippen LogP contribution < -0.4 is 0 Å². The number of aryl methyl sites for hydroxylation is 4. The molecule has 2 aromatic carbocycles. The molecule has 108 valence electrons. The zero-order chi connectivity index (χ0) is 15.6. The summed E-state index contributed by atoms with van der Waals surface area (Å²) in [5, 5.41) is 0. The molecule has 0 unspecified atom stereocenters. The van der Waals surface area contributed by atoms with Crippen molar-refractivity contribution in [1.29, 1.82) is 0 Å². The lowest BCUT2D eigenvalue weighted by atomic mass is 9.96. The molecular weight excluding hydrogens is 256 g/mol. The SMILES string of the molecule is C/C(=C/C(=O)c1cc(C)ccc1C)c1cc(C)ccc1C. The van der Waals surface area contributed by atoms with E-state index in [1.54, 1.807) is 6.08 Å². The van der Waals surface area contributed by atoms with Gasteiger partial charge in [-0.1, -0.05) is 41.5 Å². The van der Waals surface area contributed by atoms with Gasteiger partial charge in [0.1, 0.15) is 0 Å². The van der Waals surface area contributed by atoms with Gasteiger partial charge in [-0.05, 0) is 69.0 Å². The van der Waals surface area contributed by atoms with Gasteiger partial charge >= 0.3 is 0 Å². The van der Waals surface area contributed by atoms with Crippen molar-refractivity contribution in [3.05, 3.63) is 75.9 Å². The summed E-state index contributed by atoms with van der Waals surface area (Å²) in [6.07, 6.45) is 1.75. The molecule has 0 saturated carbocycles. The van der Waals surface area contributed by atoms with Gasteiger partial charge in [-0.15, -0.1) is 0 Å². The highest BCUT2D eigenvalue weighted by atomic mass is 16.1. The monoisotopic (exact) mass is 278 g/mol. The predicted octanol–water partition coefficient (Wildman–Crippen LogP) is 5.21. The van der Waals surface area contributed by atoms with Crippen molar-refractivity contribution in [2.75, 3.05) is 0 Å². The fourth-order valence-corrected chi connectivity index (χ4v) is 2.51. The number of benzene rings is 2. The average molecular weight is 278 g/mol. The minimum atomic E-state index is 0.0783. The van der Waals surface area contributed by atoms with Crippen LogP contribution in [-0.2, 0) is 0 Å². The minimum Gasteiger partial charge on any atom is -0.289 e. The van der Waals surface area contributed by atoms with Crippen LogP contribution in [0.4, 0.5) is 0 Å². The standard InChI is InChI=1S/C20H22O/c1-13-6-8-15(3)18(10-13)17(5)12-20(21)19-11-14(2)7-9-16(19)4/h6-12H,1-5H3/b17-12-. The van der Waals surface area contributed by atoms with E-state index in [0.29, 0.717) is 0 Å². The maximum absolute atomic E-state index is 12.5. The molecule has 0 aliphatic heterocycles. The lowest BCUT2D eigenvalue weighted by Crippen LogP contribution is -2.00. The van der Waals surface area contributed by atoms with E-state index in [1.807, 2.05) is 39.0 Å². The van der Waals surface area contributed by atoms with Gasteiger partial charge in [-0.3, -0.25) is 4.79 Å². The summed E-state index contributed by atoms with van der Waals surface area (Å²) >= 11 is 0. The van der Waals surface area contributed by atoms with E-state index in [-0.39, 0.29) is 5.78 Å². The second-order valence-corrected chi connectivity index (χ2v) is 5.83. The van der Waals surface area contributed by atoms with E-state index in [2.05, 4.69) is 32.0 Å². The van der Waals surface area contributed by atoms with Gasteiger partial charge in [0.15, 0.2) is 5.78 Å². The van der Waals surface area contributed by atoms with Crippen molar-refractivity contribution in [2.45, 2.75) is 34.6 Å². The van der Waals surface area contributed by atoms with E-state index in [0.717, 1.165) is 27.8 Å². The fourth-order valence-electron chi connectivity index (χ4n) is 2.51. The molecule has 0 bridgehead atoms. The summed E-state index contributed by atoms with van der Waals surface area (Å²) in [6, 6.07) is 12.3. The van der Waals surface area contributed by atoms with Gasteiger partial charge in [0, 0.05) is 5.56 Å². The largest absolute Gasteiger partial charge is 0.289 e. The Balaban J connectivity index is 2.40. The second kappa shape index (κ2) is 6.09. The van der Waals surface area contributed by atoms with Crippen molar-refractivity contribution in [3.63, 3.8) is 0 Å². The average Bonchev–Trinajstić information content (AvgIpc) is 2.43. The second-order valence-electron chi connectivity index (χ2n) is 5.83. The molecule has 0 amide bonds. The molecule has 0 N–H and O–H groups in total. The Kier molecular flexibility index (Phi) is 4.42. The van der Waals surface area contributed by atoms with Gasteiger partial charge in [-0.25, -0.2) is 0 Å². The van der Waals surface area contributed by atoms with Crippen LogP contribution in [0.5, 0.6) is 0 Å². The molecule has 2 rings (SSSR count). The maximum Gasteiger partial charge on any atom is 0.186 e. The first-order valence-corrected chi connectivity index (χ1v) is 7.26. The molecule has 21 heavy (non-hydrogen) atoms. The van der Waals surface area contributed by atoms with Crippen LogP contribution in [0.1, 0.15) is 45.1 Å². The molecule has 1 heteroatoms. The van der Waals surface area contributed by atoms with E-state index in [4.69, 9.17) is 0 Å². The zero-order valence-corrected chi connectivity index (χ0v) is 13.4. The molecule has 0 radical (unpaired) electrons. The smallest absolute Gasteiger partial charge is 0.186 e. The van der Waals surface area contributed by atoms with Crippen LogP contribution in [0.2, 0.25) is 0 Å². The van der Waals surface area contributed by atoms with Crippen LogP contribution in [0.15, 0.2) is 42.5 Å². The topological polar surface area (TPSA) is 17.1 Å². The van der Waals surface area contributed by atoms with Gasteiger partial charge in [0.05, 0.1) is 0 Å². The summed E-state index contributed by atoms with van der Waals surface area (Å²) in [4.78, 5) is 12.5. The molecule has 0 saturated heterocycles. The van der Waals surface area contributed by atoms with Crippen molar-refractivity contribution in [1.82, 2.24) is 0 Å². The number of allylic oxidation sites excluding steroid dienone is 2. The highest BCUT2D eigenvalue weighted by Gasteiger charge is 2.09. The molecule has 0 spiro atoms. The van der Waals surface area contributed by atoms with Crippen LogP contribution in [0, 0.1) is 27.7 Å². The lowest BCUT2D eigenvalue weighted by Gasteiger charge is -2.09. The van der Waals surface area contributed by atoms with Crippen molar-refractivity contribution >= 4 is 11.4 Å². The molecule has 0 aromatic heterocycles. The van der Waals surface area contributed by atoms with Crippen molar-refractivity contribution in [3.8, 4) is 0 Å². The van der Waals surface area contributed by atoms with Gasteiger partial charge < -0.3 is 0 Å². The fraction of sp³-hybridized carbons (Fsp3) is 0.250. The molecule has 0 atom stereocenters. The highest BCUT2D eigenvalue weighted by molar-refractivity contribution is 6.09. The van der Waals surface area contributed by atoms with E-state index < -0.39 is 0 Å². The normalized spacial score (nSPS) is 11.6. The number of hydrogen-bond acceptors (Lipinski definition) is 1. The Morgan fingerprint density at radius 2 is 1.29 bits per heavy atom. The molecule has 2 aromatic rings. The third-order valence-corrected chi connectivity index (χ3v) is 3.82. The molecular formula is C20H22O. The number of ketones is 1. The van der Waals surface area contributed by atoms with Crippen LogP contribution in [0.25, 0.3) is 5.57 Å². The first-order chi connectivity index (χ1) is 9.88. The van der Waals surface area contributed by atoms with Crippen molar-refractivity contribution in [2.24, 2.45) is 0 Å². The summed E-state index contributed by atoms with van der Waals surface area (Å²) in [5.41, 5.74) is 7.50. The van der Waals surface area contributed by atoms with E-state index in [9.17, 15) is 4.79 Å². The first kappa shape index (κ1) is 15.2. The Bertz CT molecular complexity index is 721. The third-order valence-electron chi connectivity index (χ3n) is 3.82. The number of rotatable bonds is 3. The van der Waals surface area contributed by atoms with E-state index in [1.165, 1.54) is 11.1 Å². The summed E-state index contributed by atoms with van der Waals surface area (Å²) < 4.78 is 0. The number of carbonyl (C=O) groups excluding carboxylic acids is 1. The summed E-state index contributed by atoms with van der Waals surface area (Å²) in [6.45, 7) is 10.1. The number of carbonyl (C=O) groups is 1. The molecule has 1 nitrogen and oxygen atoms in total. The van der Waals surface area contributed by atoms with Crippen LogP contribution in [0.3, 0.4) is 0 Å². The Hall–Kier alpha value is -2.15. The Morgan fingerprint density at radius 1 is 0.810 bits per heavy atom. The van der Waals surface area contributed by atoms with Gasteiger partial charge in [0.25, 0.3) is 0 Å². The molecule has 0 heterocycles.